The predicted octanol–water partition coefficient (Wildman–Crippen LogP) is -0.0613. The van der Waals surface area contributed by atoms with Crippen molar-refractivity contribution in [2.24, 2.45) is 0 Å². The molecule has 0 aromatic carbocycles. The molecule has 1 unspecified atom stereocenters. The van der Waals surface area contributed by atoms with Gasteiger partial charge in [-0.25, -0.2) is 0 Å². The Morgan fingerprint density at radius 3 is 1.69 bits per heavy atom. The number of ether oxygens (including phenoxy) is 1. The van der Waals surface area contributed by atoms with Gasteiger partial charge in [-0.15, -0.1) is 0 Å². The van der Waals surface area contributed by atoms with Gasteiger partial charge in [0, 0.05) is 19.2 Å². The van der Waals surface area contributed by atoms with E-state index in [1.165, 1.54) is 6.92 Å². The Labute approximate surface area is 98.1 Å². The Hall–Kier alpha value is -0.650. The van der Waals surface area contributed by atoms with E-state index in [1.807, 2.05) is 0 Å². The molecule has 0 rings (SSSR count). The molecule has 0 heterocycles. The molecule has 5 nitrogen and oxygen atoms in total. The molecular formula is C11H25O5-. The van der Waals surface area contributed by atoms with Crippen LogP contribution in [0, 0.1) is 0 Å². The summed E-state index contributed by atoms with van der Waals surface area (Å²) < 4.78 is 5.13. The summed E-state index contributed by atoms with van der Waals surface area (Å²) in [5, 5.41) is 24.9. The highest BCUT2D eigenvalue weighted by Gasteiger charge is 1.83. The predicted molar refractivity (Wildman–Crippen MR) is 60.8 cm³/mol. The Morgan fingerprint density at radius 2 is 1.56 bits per heavy atom. The summed E-state index contributed by atoms with van der Waals surface area (Å²) >= 11 is 0. The summed E-state index contributed by atoms with van der Waals surface area (Å²) in [6.07, 6.45) is 1.72. The van der Waals surface area contributed by atoms with Gasteiger partial charge >= 0.3 is 0 Å². The van der Waals surface area contributed by atoms with Crippen molar-refractivity contribution in [2.45, 2.75) is 46.6 Å². The Balaban J connectivity index is -0.000000166. The van der Waals surface area contributed by atoms with Gasteiger partial charge in [-0.05, 0) is 26.7 Å². The van der Waals surface area contributed by atoms with Gasteiger partial charge in [0.25, 0.3) is 0 Å². The third kappa shape index (κ3) is 71.1. The number of aliphatic hydroxyl groups excluding tert-OH is 2. The minimum absolute atomic E-state index is 0.139. The van der Waals surface area contributed by atoms with Crippen LogP contribution in [0.4, 0.5) is 0 Å². The summed E-state index contributed by atoms with van der Waals surface area (Å²) in [7, 11) is 0. The highest BCUT2D eigenvalue weighted by atomic mass is 16.5. The first kappa shape index (κ1) is 20.7. The van der Waals surface area contributed by atoms with Crippen LogP contribution < -0.4 is 5.11 Å². The van der Waals surface area contributed by atoms with Gasteiger partial charge < -0.3 is 24.9 Å². The normalized spacial score (nSPS) is 10.4. The molecule has 0 aliphatic heterocycles. The molecule has 0 radical (unpaired) electrons. The van der Waals surface area contributed by atoms with Crippen LogP contribution >= 0.6 is 0 Å². The number of carboxylic acids is 1. The molecular weight excluding hydrogens is 212 g/mol. The van der Waals surface area contributed by atoms with Crippen molar-refractivity contribution in [3.8, 4) is 0 Å². The Kier molecular flexibility index (Phi) is 25.7. The van der Waals surface area contributed by atoms with E-state index in [4.69, 9.17) is 24.9 Å². The molecule has 2 N–H and O–H groups in total. The third-order valence-electron chi connectivity index (χ3n) is 0.961. The van der Waals surface area contributed by atoms with Crippen molar-refractivity contribution < 1.29 is 24.9 Å². The monoisotopic (exact) mass is 237 g/mol. The van der Waals surface area contributed by atoms with E-state index in [9.17, 15) is 0 Å². The highest BCUT2D eigenvalue weighted by Crippen LogP contribution is 1.81. The highest BCUT2D eigenvalue weighted by molar-refractivity contribution is 5.60. The number of rotatable bonds is 5. The molecule has 0 aromatic rings. The molecule has 5 heteroatoms. The summed E-state index contributed by atoms with van der Waals surface area (Å²) in [5.74, 6) is -1.08. The summed E-state index contributed by atoms with van der Waals surface area (Å²) in [4.78, 5) is 8.89. The lowest BCUT2D eigenvalue weighted by atomic mass is 10.5. The number of hydrogen-bond donors (Lipinski definition) is 2. The minimum Gasteiger partial charge on any atom is -0.550 e. The van der Waals surface area contributed by atoms with E-state index in [2.05, 4.69) is 13.8 Å². The molecule has 0 aromatic heterocycles. The maximum absolute atomic E-state index is 8.89. The van der Waals surface area contributed by atoms with Gasteiger partial charge in [0.1, 0.15) is 0 Å². The SMILES string of the molecule is CC(=O)[O-].CC(O)CO.CCCOCCC. The largest absolute Gasteiger partial charge is 0.550 e. The van der Waals surface area contributed by atoms with Crippen LogP contribution in [-0.4, -0.2) is 42.1 Å². The number of aliphatic hydroxyl groups is 2. The summed E-state index contributed by atoms with van der Waals surface area (Å²) in [5.41, 5.74) is 0. The molecule has 0 aliphatic carbocycles. The van der Waals surface area contributed by atoms with Crippen LogP contribution in [0.2, 0.25) is 0 Å². The zero-order chi connectivity index (χ0) is 13.4. The first-order chi connectivity index (χ1) is 7.42. The lowest BCUT2D eigenvalue weighted by molar-refractivity contribution is -0.302. The molecule has 0 aliphatic rings. The van der Waals surface area contributed by atoms with E-state index in [-0.39, 0.29) is 6.61 Å². The van der Waals surface area contributed by atoms with Crippen molar-refractivity contribution in [3.05, 3.63) is 0 Å². The summed E-state index contributed by atoms with van der Waals surface area (Å²) in [6.45, 7) is 8.45. The van der Waals surface area contributed by atoms with Gasteiger partial charge in [-0.3, -0.25) is 0 Å². The second-order valence-electron chi connectivity index (χ2n) is 3.14. The first-order valence-corrected chi connectivity index (χ1v) is 5.46. The van der Waals surface area contributed by atoms with Crippen LogP contribution in [-0.2, 0) is 9.53 Å². The first-order valence-electron chi connectivity index (χ1n) is 5.46. The van der Waals surface area contributed by atoms with Crippen molar-refractivity contribution in [1.29, 1.82) is 0 Å². The fourth-order valence-corrected chi connectivity index (χ4v) is 0.391. The fourth-order valence-electron chi connectivity index (χ4n) is 0.391. The average molecular weight is 237 g/mol. The van der Waals surface area contributed by atoms with E-state index < -0.39 is 12.1 Å². The average Bonchev–Trinajstić information content (AvgIpc) is 2.19. The Morgan fingerprint density at radius 1 is 1.31 bits per heavy atom. The third-order valence-corrected chi connectivity index (χ3v) is 0.961. The molecule has 0 amide bonds. The number of aliphatic carboxylic acids is 1. The minimum atomic E-state index is -1.08. The van der Waals surface area contributed by atoms with Gasteiger partial charge in [0.05, 0.1) is 12.7 Å². The lowest BCUT2D eigenvalue weighted by Crippen LogP contribution is -2.16. The van der Waals surface area contributed by atoms with Crippen LogP contribution in [0.15, 0.2) is 0 Å². The smallest absolute Gasteiger partial charge is 0.0742 e. The van der Waals surface area contributed by atoms with Crippen molar-refractivity contribution in [2.75, 3.05) is 19.8 Å². The van der Waals surface area contributed by atoms with Gasteiger partial charge in [-0.2, -0.15) is 0 Å². The molecule has 100 valence electrons. The van der Waals surface area contributed by atoms with E-state index in [1.54, 1.807) is 0 Å². The second kappa shape index (κ2) is 19.9. The van der Waals surface area contributed by atoms with Crippen LogP contribution in [0.25, 0.3) is 0 Å². The van der Waals surface area contributed by atoms with Gasteiger partial charge in [0.2, 0.25) is 0 Å². The van der Waals surface area contributed by atoms with Crippen molar-refractivity contribution in [1.82, 2.24) is 0 Å². The van der Waals surface area contributed by atoms with Gasteiger partial charge in [0.15, 0.2) is 0 Å². The van der Waals surface area contributed by atoms with Crippen LogP contribution in [0.5, 0.6) is 0 Å². The molecule has 1 atom stereocenters. The number of hydrogen-bond acceptors (Lipinski definition) is 5. The summed E-state index contributed by atoms with van der Waals surface area (Å²) in [6, 6.07) is 0. The maximum Gasteiger partial charge on any atom is 0.0742 e. The standard InChI is InChI=1S/C6H14O.C3H8O2.C2H4O2/c1-3-5-7-6-4-2;1-3(5)2-4;1-2(3)4/h3-6H2,1-2H3;3-5H,2H2,1H3;1H3,(H,3,4)/p-1. The zero-order valence-corrected chi connectivity index (χ0v) is 10.7. The van der Waals surface area contributed by atoms with E-state index >= 15 is 0 Å². The van der Waals surface area contributed by atoms with Gasteiger partial charge in [-0.1, -0.05) is 13.8 Å². The molecule has 0 bridgehead atoms. The second-order valence-corrected chi connectivity index (χ2v) is 3.14. The van der Waals surface area contributed by atoms with Crippen molar-refractivity contribution >= 4 is 5.97 Å². The zero-order valence-electron chi connectivity index (χ0n) is 10.7. The van der Waals surface area contributed by atoms with E-state index in [0.29, 0.717) is 0 Å². The fraction of sp³-hybridized carbons (Fsp3) is 0.909. The maximum atomic E-state index is 8.89. The Bertz CT molecular complexity index is 118. The molecule has 0 saturated heterocycles. The van der Waals surface area contributed by atoms with E-state index in [0.717, 1.165) is 33.0 Å². The van der Waals surface area contributed by atoms with Crippen LogP contribution in [0.1, 0.15) is 40.5 Å². The molecule has 0 fully saturated rings. The topological polar surface area (TPSA) is 89.8 Å². The number of carbonyl (C=O) groups is 1. The van der Waals surface area contributed by atoms with Crippen molar-refractivity contribution in [3.63, 3.8) is 0 Å². The molecule has 0 saturated carbocycles. The quantitative estimate of drug-likeness (QED) is 0.654. The lowest BCUT2D eigenvalue weighted by Gasteiger charge is -1.95. The van der Waals surface area contributed by atoms with Crippen LogP contribution in [0.3, 0.4) is 0 Å². The number of carbonyl (C=O) groups excluding carboxylic acids is 1. The number of carboxylic acid groups (broad SMARTS) is 1. The molecule has 16 heavy (non-hydrogen) atoms. The molecule has 0 spiro atoms.